The molecule has 0 fully saturated rings. The van der Waals surface area contributed by atoms with E-state index in [2.05, 4.69) is 10.2 Å². The van der Waals surface area contributed by atoms with Crippen LogP contribution in [0.1, 0.15) is 5.69 Å². The van der Waals surface area contributed by atoms with Crippen LogP contribution in [0, 0.1) is 12.7 Å². The second-order valence-electron chi connectivity index (χ2n) is 3.17. The number of nitrogens with one attached hydrogen (secondary N) is 1. The lowest BCUT2D eigenvalue weighted by atomic mass is 10.2. The molecular weight excluding hydrogens is 199 g/mol. The highest BCUT2D eigenvalue weighted by atomic mass is 19.1. The molecule has 1 heterocycles. The summed E-state index contributed by atoms with van der Waals surface area (Å²) in [6.07, 6.45) is 0. The van der Waals surface area contributed by atoms with Crippen molar-refractivity contribution in [2.24, 2.45) is 0 Å². The van der Waals surface area contributed by atoms with Crippen LogP contribution in [-0.2, 0) is 0 Å². The van der Waals surface area contributed by atoms with Crippen LogP contribution in [0.3, 0.4) is 0 Å². The summed E-state index contributed by atoms with van der Waals surface area (Å²) in [5.74, 6) is -0.0558. The van der Waals surface area contributed by atoms with Gasteiger partial charge in [-0.15, -0.1) is 0 Å². The van der Waals surface area contributed by atoms with Crippen molar-refractivity contribution in [3.05, 3.63) is 17.6 Å². The Kier molecular flexibility index (Phi) is 2.22. The molecule has 15 heavy (non-hydrogen) atoms. The van der Waals surface area contributed by atoms with Crippen molar-refractivity contribution in [3.63, 3.8) is 0 Å². The van der Waals surface area contributed by atoms with Gasteiger partial charge < -0.3 is 9.47 Å². The largest absolute Gasteiger partial charge is 0.491 e. The molecule has 0 atom stereocenters. The average Bonchev–Trinajstić information content (AvgIpc) is 2.58. The lowest BCUT2D eigenvalue weighted by Crippen LogP contribution is -1.94. The number of rotatable bonds is 2. The van der Waals surface area contributed by atoms with Crippen LogP contribution in [0.25, 0.3) is 10.9 Å². The van der Waals surface area contributed by atoms with Gasteiger partial charge in [-0.2, -0.15) is 5.10 Å². The van der Waals surface area contributed by atoms with E-state index in [-0.39, 0.29) is 5.75 Å². The molecule has 5 heteroatoms. The fourth-order valence-corrected chi connectivity index (χ4v) is 1.58. The predicted octanol–water partition coefficient (Wildman–Crippen LogP) is 2.03. The summed E-state index contributed by atoms with van der Waals surface area (Å²) >= 11 is 0. The van der Waals surface area contributed by atoms with Crippen molar-refractivity contribution in [3.8, 4) is 11.5 Å². The van der Waals surface area contributed by atoms with Gasteiger partial charge in [0.25, 0.3) is 0 Å². The van der Waals surface area contributed by atoms with Crippen LogP contribution >= 0.6 is 0 Å². The fourth-order valence-electron chi connectivity index (χ4n) is 1.58. The number of fused-ring (bicyclic) bond motifs is 1. The van der Waals surface area contributed by atoms with Gasteiger partial charge in [-0.25, -0.2) is 4.39 Å². The van der Waals surface area contributed by atoms with E-state index in [4.69, 9.17) is 9.47 Å². The van der Waals surface area contributed by atoms with Gasteiger partial charge in [-0.1, -0.05) is 0 Å². The molecule has 0 radical (unpaired) electrons. The third-order valence-corrected chi connectivity index (χ3v) is 2.31. The van der Waals surface area contributed by atoms with E-state index in [1.165, 1.54) is 20.3 Å². The van der Waals surface area contributed by atoms with Crippen LogP contribution in [0.4, 0.5) is 4.39 Å². The number of hydrogen-bond donors (Lipinski definition) is 1. The molecule has 0 bridgehead atoms. The van der Waals surface area contributed by atoms with E-state index in [9.17, 15) is 4.39 Å². The summed E-state index contributed by atoms with van der Waals surface area (Å²) in [5, 5.41) is 7.52. The predicted molar refractivity (Wildman–Crippen MR) is 53.9 cm³/mol. The summed E-state index contributed by atoms with van der Waals surface area (Å²) in [6, 6.07) is 1.38. The van der Waals surface area contributed by atoms with Crippen molar-refractivity contribution in [2.45, 2.75) is 6.92 Å². The molecule has 1 aromatic heterocycles. The Labute approximate surface area is 86.0 Å². The first kappa shape index (κ1) is 9.76. The maximum Gasteiger partial charge on any atom is 0.199 e. The minimum absolute atomic E-state index is 0.0801. The van der Waals surface area contributed by atoms with Gasteiger partial charge in [0.05, 0.1) is 14.2 Å². The van der Waals surface area contributed by atoms with Crippen LogP contribution in [0.2, 0.25) is 0 Å². The van der Waals surface area contributed by atoms with E-state index in [1.807, 2.05) is 6.92 Å². The maximum absolute atomic E-state index is 13.6. The van der Waals surface area contributed by atoms with Gasteiger partial charge in [-0.05, 0) is 13.0 Å². The Balaban J connectivity index is 2.86. The first-order valence-electron chi connectivity index (χ1n) is 4.44. The first-order chi connectivity index (χ1) is 7.19. The first-order valence-corrected chi connectivity index (χ1v) is 4.44. The molecule has 0 unspecified atom stereocenters. The van der Waals surface area contributed by atoms with Crippen molar-refractivity contribution in [2.75, 3.05) is 14.2 Å². The topological polar surface area (TPSA) is 47.1 Å². The lowest BCUT2D eigenvalue weighted by molar-refractivity contribution is 0.340. The molecule has 0 saturated heterocycles. The molecule has 4 nitrogen and oxygen atoms in total. The molecule has 0 spiro atoms. The van der Waals surface area contributed by atoms with Gasteiger partial charge in [0.2, 0.25) is 0 Å². The molecule has 2 rings (SSSR count). The number of benzene rings is 1. The SMILES string of the molecule is COc1c(F)cc2c(C)[nH]nc2c1OC. The molecule has 0 aliphatic carbocycles. The van der Waals surface area contributed by atoms with E-state index >= 15 is 0 Å². The van der Waals surface area contributed by atoms with Crippen molar-refractivity contribution >= 4 is 10.9 Å². The Morgan fingerprint density at radius 1 is 1.27 bits per heavy atom. The molecule has 1 aromatic carbocycles. The molecule has 0 saturated carbocycles. The summed E-state index contributed by atoms with van der Waals surface area (Å²) in [5.41, 5.74) is 1.37. The number of methoxy groups -OCH3 is 2. The molecular formula is C10H11FN2O2. The van der Waals surface area contributed by atoms with Gasteiger partial charge >= 0.3 is 0 Å². The quantitative estimate of drug-likeness (QED) is 0.824. The Bertz CT molecular complexity index is 508. The third kappa shape index (κ3) is 1.31. The number of nitrogens with zero attached hydrogens (tertiary/aromatic N) is 1. The second-order valence-corrected chi connectivity index (χ2v) is 3.17. The van der Waals surface area contributed by atoms with Crippen LogP contribution in [0.15, 0.2) is 6.07 Å². The lowest BCUT2D eigenvalue weighted by Gasteiger charge is -2.08. The van der Waals surface area contributed by atoms with Gasteiger partial charge in [0, 0.05) is 11.1 Å². The highest BCUT2D eigenvalue weighted by Gasteiger charge is 2.18. The summed E-state index contributed by atoms with van der Waals surface area (Å²) in [7, 11) is 2.85. The number of halogens is 1. The smallest absolute Gasteiger partial charge is 0.199 e. The normalized spacial score (nSPS) is 10.7. The summed E-state index contributed by atoms with van der Waals surface area (Å²) in [4.78, 5) is 0. The zero-order valence-electron chi connectivity index (χ0n) is 8.72. The number of aryl methyl sites for hydroxylation is 1. The fraction of sp³-hybridized carbons (Fsp3) is 0.300. The van der Waals surface area contributed by atoms with Gasteiger partial charge in [-0.3, -0.25) is 5.10 Å². The summed E-state index contributed by atoms with van der Waals surface area (Å²) in [6.45, 7) is 1.82. The van der Waals surface area contributed by atoms with Crippen molar-refractivity contribution in [1.29, 1.82) is 0 Å². The van der Waals surface area contributed by atoms with E-state index in [1.54, 1.807) is 0 Å². The Morgan fingerprint density at radius 3 is 2.53 bits per heavy atom. The van der Waals surface area contributed by atoms with Crippen LogP contribution in [-0.4, -0.2) is 24.4 Å². The van der Waals surface area contributed by atoms with Gasteiger partial charge in [0.1, 0.15) is 5.52 Å². The number of hydrogen-bond acceptors (Lipinski definition) is 3. The summed E-state index contributed by atoms with van der Waals surface area (Å²) < 4.78 is 23.6. The highest BCUT2D eigenvalue weighted by molar-refractivity contribution is 5.89. The molecule has 0 aliphatic rings. The van der Waals surface area contributed by atoms with Crippen LogP contribution < -0.4 is 9.47 Å². The molecule has 0 amide bonds. The molecule has 80 valence electrons. The minimum Gasteiger partial charge on any atom is -0.491 e. The number of aromatic nitrogens is 2. The third-order valence-electron chi connectivity index (χ3n) is 2.31. The number of ether oxygens (including phenoxy) is 2. The maximum atomic E-state index is 13.6. The van der Waals surface area contributed by atoms with Crippen molar-refractivity contribution in [1.82, 2.24) is 10.2 Å². The van der Waals surface area contributed by atoms with Crippen LogP contribution in [0.5, 0.6) is 11.5 Å². The Hall–Kier alpha value is -1.78. The van der Waals surface area contributed by atoms with Crippen molar-refractivity contribution < 1.29 is 13.9 Å². The zero-order valence-corrected chi connectivity index (χ0v) is 8.72. The van der Waals surface area contributed by atoms with E-state index < -0.39 is 5.82 Å². The Morgan fingerprint density at radius 2 is 1.93 bits per heavy atom. The number of H-pyrrole nitrogens is 1. The monoisotopic (exact) mass is 210 g/mol. The number of aromatic amines is 1. The molecule has 2 aromatic rings. The zero-order chi connectivity index (χ0) is 11.0. The minimum atomic E-state index is -0.452. The van der Waals surface area contributed by atoms with Gasteiger partial charge in [0.15, 0.2) is 17.3 Å². The highest BCUT2D eigenvalue weighted by Crippen LogP contribution is 2.37. The second kappa shape index (κ2) is 3.42. The molecule has 0 aliphatic heterocycles. The average molecular weight is 210 g/mol. The van der Waals surface area contributed by atoms with E-state index in [0.29, 0.717) is 16.7 Å². The van der Waals surface area contributed by atoms with E-state index in [0.717, 1.165) is 5.69 Å². The molecule has 1 N–H and O–H groups in total. The standard InChI is InChI=1S/C10H11FN2O2/c1-5-6-4-7(11)9(14-2)10(15-3)8(6)13-12-5/h4H,1-3H3,(H,12,13).